The molecule has 0 fully saturated rings. The standard InChI is InChI=1S/C23H24F3N5O6/c1-22(20(35-2)36-3)19(32)18(16-10-15(31(33)34)7-8-17(16)37-22)30-21(29-12-27)28-11-13-5-4-6-14(9-13)23(24,25)26/h4-10,18-20,32H,11H2,1-3H3,(H2,28,29,30)/t18-,19-,22-/m0/s1. The van der Waals surface area contributed by atoms with E-state index in [4.69, 9.17) is 14.2 Å². The van der Waals surface area contributed by atoms with Gasteiger partial charge in [-0.3, -0.25) is 15.4 Å². The number of nitro groups is 1. The summed E-state index contributed by atoms with van der Waals surface area (Å²) < 4.78 is 55.7. The molecule has 0 spiro atoms. The molecule has 2 aromatic carbocycles. The quantitative estimate of drug-likeness (QED) is 0.0946. The molecule has 0 aliphatic carbocycles. The van der Waals surface area contributed by atoms with Crippen LogP contribution < -0.4 is 15.4 Å². The number of fused-ring (bicyclic) bond motifs is 1. The fraction of sp³-hybridized carbons (Fsp3) is 0.391. The molecular weight excluding hydrogens is 499 g/mol. The second kappa shape index (κ2) is 11.0. The summed E-state index contributed by atoms with van der Waals surface area (Å²) in [5, 5.41) is 37.0. The smallest absolute Gasteiger partial charge is 0.416 e. The Morgan fingerprint density at radius 3 is 2.62 bits per heavy atom. The van der Waals surface area contributed by atoms with Crippen molar-refractivity contribution in [2.75, 3.05) is 14.2 Å². The van der Waals surface area contributed by atoms with Gasteiger partial charge in [-0.05, 0) is 30.7 Å². The Labute approximate surface area is 209 Å². The van der Waals surface area contributed by atoms with Crippen molar-refractivity contribution in [2.45, 2.75) is 43.7 Å². The van der Waals surface area contributed by atoms with E-state index in [0.717, 1.165) is 12.1 Å². The molecule has 0 unspecified atom stereocenters. The molecule has 1 heterocycles. The van der Waals surface area contributed by atoms with Crippen LogP contribution in [0.25, 0.3) is 0 Å². The highest BCUT2D eigenvalue weighted by Gasteiger charge is 2.52. The van der Waals surface area contributed by atoms with Crippen LogP contribution in [0.1, 0.15) is 29.7 Å². The van der Waals surface area contributed by atoms with Crippen molar-refractivity contribution in [1.82, 2.24) is 10.6 Å². The zero-order valence-corrected chi connectivity index (χ0v) is 19.9. The maximum Gasteiger partial charge on any atom is 0.416 e. The number of nitrogens with one attached hydrogen (secondary N) is 2. The molecule has 2 aromatic rings. The first kappa shape index (κ1) is 27.7. The van der Waals surface area contributed by atoms with E-state index in [1.165, 1.54) is 51.5 Å². The third-order valence-electron chi connectivity index (χ3n) is 5.81. The van der Waals surface area contributed by atoms with Crippen molar-refractivity contribution in [2.24, 2.45) is 4.99 Å². The van der Waals surface area contributed by atoms with Gasteiger partial charge in [-0.25, -0.2) is 4.99 Å². The van der Waals surface area contributed by atoms with E-state index < -0.39 is 40.7 Å². The van der Waals surface area contributed by atoms with Crippen molar-refractivity contribution >= 4 is 11.6 Å². The van der Waals surface area contributed by atoms with Gasteiger partial charge in [0.2, 0.25) is 5.96 Å². The van der Waals surface area contributed by atoms with Crippen LogP contribution in [0, 0.1) is 21.6 Å². The van der Waals surface area contributed by atoms with Crippen LogP contribution in [0.15, 0.2) is 47.5 Å². The molecule has 0 aromatic heterocycles. The minimum atomic E-state index is -4.54. The molecule has 14 heteroatoms. The van der Waals surface area contributed by atoms with Crippen molar-refractivity contribution in [1.29, 1.82) is 5.26 Å². The number of aliphatic hydroxyl groups is 1. The van der Waals surface area contributed by atoms with Crippen LogP contribution in [0.5, 0.6) is 5.75 Å². The molecule has 0 saturated carbocycles. The van der Waals surface area contributed by atoms with Crippen LogP contribution in [0.3, 0.4) is 0 Å². The number of nitro benzene ring substituents is 1. The summed E-state index contributed by atoms with van der Waals surface area (Å²) in [5.74, 6) is -0.0266. The number of aliphatic imine (C=N–C) groups is 1. The monoisotopic (exact) mass is 523 g/mol. The van der Waals surface area contributed by atoms with E-state index in [2.05, 4.69) is 15.6 Å². The molecule has 0 saturated heterocycles. The number of alkyl halides is 3. The lowest BCUT2D eigenvalue weighted by molar-refractivity contribution is -0.385. The van der Waals surface area contributed by atoms with Gasteiger partial charge in [0.1, 0.15) is 11.9 Å². The van der Waals surface area contributed by atoms with Gasteiger partial charge in [0.05, 0.1) is 23.1 Å². The second-order valence-electron chi connectivity index (χ2n) is 8.24. The van der Waals surface area contributed by atoms with Gasteiger partial charge >= 0.3 is 6.18 Å². The molecule has 11 nitrogen and oxygen atoms in total. The van der Waals surface area contributed by atoms with Crippen LogP contribution in [0.2, 0.25) is 0 Å². The van der Waals surface area contributed by atoms with E-state index in [-0.39, 0.29) is 35.1 Å². The first-order valence-corrected chi connectivity index (χ1v) is 10.8. The largest absolute Gasteiger partial charge is 0.479 e. The summed E-state index contributed by atoms with van der Waals surface area (Å²) in [4.78, 5) is 14.9. The number of methoxy groups -OCH3 is 2. The third-order valence-corrected chi connectivity index (χ3v) is 5.81. The highest BCUT2D eigenvalue weighted by molar-refractivity contribution is 5.82. The maximum atomic E-state index is 13.1. The minimum Gasteiger partial charge on any atom is -0.479 e. The van der Waals surface area contributed by atoms with E-state index >= 15 is 0 Å². The average Bonchev–Trinajstić information content (AvgIpc) is 2.85. The first-order valence-electron chi connectivity index (χ1n) is 10.8. The molecule has 0 radical (unpaired) electrons. The van der Waals surface area contributed by atoms with Crippen molar-refractivity contribution < 1.29 is 37.4 Å². The Bertz CT molecular complexity index is 1210. The Kier molecular flexibility index (Phi) is 8.22. The van der Waals surface area contributed by atoms with Crippen molar-refractivity contribution in [3.05, 3.63) is 69.3 Å². The summed E-state index contributed by atoms with van der Waals surface area (Å²) in [7, 11) is 2.67. The molecule has 3 rings (SSSR count). The van der Waals surface area contributed by atoms with Gasteiger partial charge in [-0.1, -0.05) is 12.1 Å². The SMILES string of the molecule is COC(OC)[C@@]1(C)Oc2ccc([N+](=O)[O-])cc2[C@H](NC(=NCc2cccc(C(F)(F)F)c2)NC#N)[C@@H]1O. The van der Waals surface area contributed by atoms with Crippen molar-refractivity contribution in [3.8, 4) is 11.9 Å². The Morgan fingerprint density at radius 2 is 2.03 bits per heavy atom. The minimum absolute atomic E-state index is 0.171. The molecule has 0 amide bonds. The number of hydrogen-bond donors (Lipinski definition) is 3. The maximum absolute atomic E-state index is 13.1. The predicted molar refractivity (Wildman–Crippen MR) is 123 cm³/mol. The number of nitriles is 1. The molecule has 198 valence electrons. The van der Waals surface area contributed by atoms with Gasteiger partial charge in [0.15, 0.2) is 18.1 Å². The van der Waals surface area contributed by atoms with Gasteiger partial charge < -0.3 is 24.6 Å². The normalized spacial score (nSPS) is 21.5. The van der Waals surface area contributed by atoms with Crippen LogP contribution in [-0.2, 0) is 22.2 Å². The predicted octanol–water partition coefficient (Wildman–Crippen LogP) is 3.00. The van der Waals surface area contributed by atoms with Crippen LogP contribution in [0.4, 0.5) is 18.9 Å². The summed E-state index contributed by atoms with van der Waals surface area (Å²) in [5.41, 5.74) is -2.28. The number of hydrogen-bond acceptors (Lipinski definition) is 8. The second-order valence-corrected chi connectivity index (χ2v) is 8.24. The lowest BCUT2D eigenvalue weighted by Crippen LogP contribution is -2.62. The van der Waals surface area contributed by atoms with E-state index in [1.807, 2.05) is 0 Å². The lowest BCUT2D eigenvalue weighted by atomic mass is 9.84. The van der Waals surface area contributed by atoms with Gasteiger partial charge in [0.25, 0.3) is 5.69 Å². The Morgan fingerprint density at radius 1 is 1.32 bits per heavy atom. The first-order chi connectivity index (χ1) is 17.4. The lowest BCUT2D eigenvalue weighted by Gasteiger charge is -2.46. The topological polar surface area (TPSA) is 151 Å². The molecule has 3 atom stereocenters. The number of nitrogens with zero attached hydrogens (tertiary/aromatic N) is 3. The van der Waals surface area contributed by atoms with E-state index in [9.17, 15) is 33.7 Å². The number of non-ortho nitro benzene ring substituents is 1. The van der Waals surface area contributed by atoms with E-state index in [0.29, 0.717) is 0 Å². The molecular formula is C23H24F3N5O6. The summed E-state index contributed by atoms with van der Waals surface area (Å²) in [6, 6.07) is 7.15. The highest BCUT2D eigenvalue weighted by Crippen LogP contribution is 2.43. The fourth-order valence-electron chi connectivity index (χ4n) is 4.03. The zero-order valence-electron chi connectivity index (χ0n) is 19.9. The molecule has 3 N–H and O–H groups in total. The number of aliphatic hydroxyl groups excluding tert-OH is 1. The molecule has 0 bridgehead atoms. The van der Waals surface area contributed by atoms with Crippen molar-refractivity contribution in [3.63, 3.8) is 0 Å². The summed E-state index contributed by atoms with van der Waals surface area (Å²) in [6.45, 7) is 1.25. The number of halogens is 3. The number of ether oxygens (including phenoxy) is 3. The molecule has 1 aliphatic rings. The highest BCUT2D eigenvalue weighted by atomic mass is 19.4. The summed E-state index contributed by atoms with van der Waals surface area (Å²) >= 11 is 0. The number of guanidine groups is 1. The van der Waals surface area contributed by atoms with E-state index in [1.54, 1.807) is 6.19 Å². The van der Waals surface area contributed by atoms with Gasteiger partial charge in [-0.2, -0.15) is 18.4 Å². The number of rotatable bonds is 7. The Hall–Kier alpha value is -3.93. The van der Waals surface area contributed by atoms with Crippen LogP contribution >= 0.6 is 0 Å². The van der Waals surface area contributed by atoms with Gasteiger partial charge in [0, 0.05) is 31.9 Å². The molecule has 37 heavy (non-hydrogen) atoms. The summed E-state index contributed by atoms with van der Waals surface area (Å²) in [6.07, 6.45) is -5.42. The third kappa shape index (κ3) is 5.91. The van der Waals surface area contributed by atoms with Gasteiger partial charge in [-0.15, -0.1) is 0 Å². The Balaban J connectivity index is 2.01. The average molecular weight is 523 g/mol. The zero-order chi connectivity index (χ0) is 27.4. The molecule has 1 aliphatic heterocycles. The number of benzene rings is 2. The fourth-order valence-corrected chi connectivity index (χ4v) is 4.03. The van der Waals surface area contributed by atoms with Crippen LogP contribution in [-0.4, -0.2) is 48.2 Å².